The van der Waals surface area contributed by atoms with Crippen molar-refractivity contribution in [1.29, 1.82) is 0 Å². The lowest BCUT2D eigenvalue weighted by molar-refractivity contribution is -0.359. The van der Waals surface area contributed by atoms with Gasteiger partial charge in [0.05, 0.1) is 32.0 Å². The van der Waals surface area contributed by atoms with Gasteiger partial charge in [0.15, 0.2) is 12.6 Å². The molecule has 9 N–H and O–H groups in total. The number of hydrogen-bond acceptors (Lipinski definition) is 13. The van der Waals surface area contributed by atoms with Gasteiger partial charge in [-0.1, -0.05) is 192 Å². The lowest BCUT2D eigenvalue weighted by atomic mass is 9.97. The summed E-state index contributed by atoms with van der Waals surface area (Å²) < 4.78 is 22.7. The molecule has 2 fully saturated rings. The summed E-state index contributed by atoms with van der Waals surface area (Å²) in [5.74, 6) is -0.244. The number of ether oxygens (including phenoxy) is 4. The standard InChI is InChI=1S/C55H101NO13/c1-3-5-7-9-11-13-15-17-19-20-21-22-23-24-25-27-29-31-33-35-37-39-47(60)56-43(44(59)38-36-34-32-30-28-26-18-16-14-12-10-8-6-4-2)42-66-54-52(65)50(63)53(46(41-58)68-54)69-55-51(64)49(62)48(61)45(40-57)67-55/h15,17,20-21,36,38,43-46,48-55,57-59,61-65H,3-14,16,18-19,22-35,37,39-42H2,1-2H3,(H,56,60)/b17-15-,21-20-,38-36+. The molecule has 0 aromatic rings. The normalized spacial score (nSPS) is 26.4. The highest BCUT2D eigenvalue weighted by Gasteiger charge is 2.51. The van der Waals surface area contributed by atoms with Crippen LogP contribution in [0.1, 0.15) is 213 Å². The zero-order valence-corrected chi connectivity index (χ0v) is 43.1. The summed E-state index contributed by atoms with van der Waals surface area (Å²) in [6.07, 6.45) is 31.7. The molecule has 1 amide bonds. The fraction of sp³-hybridized carbons (Fsp3) is 0.873. The summed E-state index contributed by atoms with van der Waals surface area (Å²) in [6.45, 7) is 2.78. The number of aliphatic hydroxyl groups is 8. The molecule has 0 aliphatic carbocycles. The molecule has 2 saturated heterocycles. The summed E-state index contributed by atoms with van der Waals surface area (Å²) in [5, 5.41) is 86.9. The maximum absolute atomic E-state index is 13.2. The van der Waals surface area contributed by atoms with Crippen LogP contribution in [0.15, 0.2) is 36.5 Å². The van der Waals surface area contributed by atoms with E-state index < -0.39 is 86.8 Å². The van der Waals surface area contributed by atoms with Crippen molar-refractivity contribution in [2.24, 2.45) is 0 Å². The van der Waals surface area contributed by atoms with Crippen molar-refractivity contribution in [3.8, 4) is 0 Å². The first-order valence-electron chi connectivity index (χ1n) is 27.7. The number of aliphatic hydroxyl groups excluding tert-OH is 8. The SMILES string of the molecule is CCCCCCC/C=C\C/C=C\CCCCCCCCCCCC(=O)NC(COC1OC(CO)C(OC2OC(CO)C(O)C(O)C2O)C(O)C1O)C(O)/C=C/CCCCCCCCCCCCCC. The molecule has 0 aromatic carbocycles. The molecule has 404 valence electrons. The van der Waals surface area contributed by atoms with Crippen LogP contribution in [0.25, 0.3) is 0 Å². The zero-order valence-electron chi connectivity index (χ0n) is 43.1. The highest BCUT2D eigenvalue weighted by atomic mass is 16.7. The second kappa shape index (κ2) is 41.7. The van der Waals surface area contributed by atoms with E-state index in [0.29, 0.717) is 6.42 Å². The highest BCUT2D eigenvalue weighted by molar-refractivity contribution is 5.76. The van der Waals surface area contributed by atoms with Crippen LogP contribution in [0, 0.1) is 0 Å². The number of hydrogen-bond donors (Lipinski definition) is 9. The van der Waals surface area contributed by atoms with Crippen LogP contribution in [0.2, 0.25) is 0 Å². The Bertz CT molecular complexity index is 1300. The van der Waals surface area contributed by atoms with Crippen LogP contribution in [0.3, 0.4) is 0 Å². The Morgan fingerprint density at radius 2 is 0.957 bits per heavy atom. The predicted octanol–water partition coefficient (Wildman–Crippen LogP) is 8.27. The molecule has 14 heteroatoms. The summed E-state index contributed by atoms with van der Waals surface area (Å²) in [6, 6.07) is -0.915. The van der Waals surface area contributed by atoms with Gasteiger partial charge in [0.2, 0.25) is 5.91 Å². The molecule has 12 unspecified atom stereocenters. The van der Waals surface area contributed by atoms with Gasteiger partial charge < -0.3 is 65.1 Å². The third-order valence-corrected chi connectivity index (χ3v) is 13.6. The largest absolute Gasteiger partial charge is 0.394 e. The number of amides is 1. The molecule has 2 heterocycles. The minimum atomic E-state index is -1.79. The van der Waals surface area contributed by atoms with E-state index in [9.17, 15) is 45.6 Å². The average molecular weight is 984 g/mol. The van der Waals surface area contributed by atoms with Gasteiger partial charge in [-0.2, -0.15) is 0 Å². The molecule has 2 rings (SSSR count). The van der Waals surface area contributed by atoms with Crippen molar-refractivity contribution < 1.29 is 64.6 Å². The molecule has 14 nitrogen and oxygen atoms in total. The van der Waals surface area contributed by atoms with Gasteiger partial charge in [0.25, 0.3) is 0 Å². The molecular formula is C55H101NO13. The fourth-order valence-corrected chi connectivity index (χ4v) is 9.03. The fourth-order valence-electron chi connectivity index (χ4n) is 9.03. The van der Waals surface area contributed by atoms with E-state index in [0.717, 1.165) is 51.4 Å². The molecule has 0 aromatic heterocycles. The number of rotatable bonds is 43. The van der Waals surface area contributed by atoms with Crippen LogP contribution in [-0.4, -0.2) is 140 Å². The Morgan fingerprint density at radius 3 is 1.45 bits per heavy atom. The first kappa shape index (κ1) is 63.3. The summed E-state index contributed by atoms with van der Waals surface area (Å²) in [4.78, 5) is 13.2. The Balaban J connectivity index is 1.80. The third-order valence-electron chi connectivity index (χ3n) is 13.6. The van der Waals surface area contributed by atoms with E-state index in [2.05, 4.69) is 43.5 Å². The van der Waals surface area contributed by atoms with E-state index in [4.69, 9.17) is 18.9 Å². The minimum Gasteiger partial charge on any atom is -0.394 e. The van der Waals surface area contributed by atoms with Crippen LogP contribution in [-0.2, 0) is 23.7 Å². The van der Waals surface area contributed by atoms with Crippen molar-refractivity contribution in [2.75, 3.05) is 19.8 Å². The second-order valence-electron chi connectivity index (χ2n) is 19.7. The van der Waals surface area contributed by atoms with Gasteiger partial charge in [-0.3, -0.25) is 4.79 Å². The quantitative estimate of drug-likeness (QED) is 0.0207. The molecule has 12 atom stereocenters. The molecule has 0 radical (unpaired) electrons. The van der Waals surface area contributed by atoms with E-state index in [1.165, 1.54) is 135 Å². The number of unbranched alkanes of at least 4 members (excludes halogenated alkanes) is 26. The smallest absolute Gasteiger partial charge is 0.220 e. The van der Waals surface area contributed by atoms with Crippen LogP contribution in [0.5, 0.6) is 0 Å². The molecule has 0 bridgehead atoms. The first-order valence-corrected chi connectivity index (χ1v) is 27.7. The van der Waals surface area contributed by atoms with Crippen LogP contribution in [0.4, 0.5) is 0 Å². The van der Waals surface area contributed by atoms with Crippen molar-refractivity contribution in [3.63, 3.8) is 0 Å². The molecule has 2 aliphatic heterocycles. The maximum atomic E-state index is 13.2. The Kier molecular flexibility index (Phi) is 38.2. The zero-order chi connectivity index (χ0) is 50.3. The van der Waals surface area contributed by atoms with E-state index >= 15 is 0 Å². The predicted molar refractivity (Wildman–Crippen MR) is 272 cm³/mol. The van der Waals surface area contributed by atoms with Crippen molar-refractivity contribution in [3.05, 3.63) is 36.5 Å². The van der Waals surface area contributed by atoms with Crippen molar-refractivity contribution in [1.82, 2.24) is 5.32 Å². The lowest BCUT2D eigenvalue weighted by Gasteiger charge is -2.46. The highest BCUT2D eigenvalue weighted by Crippen LogP contribution is 2.30. The molecular weight excluding hydrogens is 883 g/mol. The molecule has 69 heavy (non-hydrogen) atoms. The first-order chi connectivity index (χ1) is 33.6. The van der Waals surface area contributed by atoms with Gasteiger partial charge in [-0.05, 0) is 51.4 Å². The van der Waals surface area contributed by atoms with Crippen LogP contribution >= 0.6 is 0 Å². The van der Waals surface area contributed by atoms with Crippen molar-refractivity contribution in [2.45, 2.75) is 286 Å². The summed E-state index contributed by atoms with van der Waals surface area (Å²) in [5.41, 5.74) is 0. The average Bonchev–Trinajstić information content (AvgIpc) is 3.35. The molecule has 0 spiro atoms. The third kappa shape index (κ3) is 28.3. The maximum Gasteiger partial charge on any atom is 0.220 e. The Hall–Kier alpha value is -1.79. The molecule has 0 saturated carbocycles. The Labute approximate surface area is 417 Å². The van der Waals surface area contributed by atoms with E-state index in [1.54, 1.807) is 6.08 Å². The topological polar surface area (TPSA) is 228 Å². The van der Waals surface area contributed by atoms with Gasteiger partial charge >= 0.3 is 0 Å². The van der Waals surface area contributed by atoms with Gasteiger partial charge in [0, 0.05) is 6.42 Å². The van der Waals surface area contributed by atoms with Gasteiger partial charge in [-0.25, -0.2) is 0 Å². The lowest BCUT2D eigenvalue weighted by Crippen LogP contribution is -2.65. The van der Waals surface area contributed by atoms with Gasteiger partial charge in [-0.15, -0.1) is 0 Å². The molecule has 2 aliphatic rings. The van der Waals surface area contributed by atoms with E-state index in [1.807, 2.05) is 6.08 Å². The minimum absolute atomic E-state index is 0.244. The number of carbonyl (C=O) groups excluding carboxylic acids is 1. The van der Waals surface area contributed by atoms with Gasteiger partial charge in [0.1, 0.15) is 48.8 Å². The summed E-state index contributed by atoms with van der Waals surface area (Å²) >= 11 is 0. The van der Waals surface area contributed by atoms with Crippen LogP contribution < -0.4 is 5.32 Å². The second-order valence-corrected chi connectivity index (χ2v) is 19.7. The monoisotopic (exact) mass is 984 g/mol. The van der Waals surface area contributed by atoms with Crippen molar-refractivity contribution >= 4 is 5.91 Å². The number of allylic oxidation sites excluding steroid dienone is 5. The number of carbonyl (C=O) groups is 1. The Morgan fingerprint density at radius 1 is 0.522 bits per heavy atom. The van der Waals surface area contributed by atoms with E-state index in [-0.39, 0.29) is 18.9 Å². The number of nitrogens with one attached hydrogen (secondary N) is 1. The summed E-state index contributed by atoms with van der Waals surface area (Å²) in [7, 11) is 0.